The van der Waals surface area contributed by atoms with Crippen LogP contribution in [0.1, 0.15) is 15.9 Å². The van der Waals surface area contributed by atoms with E-state index in [1.54, 1.807) is 30.0 Å². The average molecular weight is 249 g/mol. The molecule has 1 aromatic carbocycles. The number of thioether (sulfide) groups is 1. The van der Waals surface area contributed by atoms with E-state index in [1.165, 1.54) is 0 Å². The van der Waals surface area contributed by atoms with Crippen molar-refractivity contribution in [3.63, 3.8) is 0 Å². The molecule has 0 aromatic heterocycles. The van der Waals surface area contributed by atoms with Gasteiger partial charge in [0.25, 0.3) is 0 Å². The van der Waals surface area contributed by atoms with Crippen LogP contribution in [0.4, 0.5) is 5.69 Å². The molecule has 0 aliphatic rings. The molecule has 0 amide bonds. The van der Waals surface area contributed by atoms with Crippen molar-refractivity contribution in [2.75, 3.05) is 23.4 Å². The van der Waals surface area contributed by atoms with E-state index < -0.39 is 5.97 Å². The van der Waals surface area contributed by atoms with Crippen LogP contribution in [0.15, 0.2) is 18.2 Å². The lowest BCUT2D eigenvalue weighted by Crippen LogP contribution is -2.06. The molecular formula is C13H15NO2S. The molecule has 0 unspecified atom stereocenters. The van der Waals surface area contributed by atoms with E-state index >= 15 is 0 Å². The maximum absolute atomic E-state index is 10.8. The Balaban J connectivity index is 2.50. The molecule has 0 heterocycles. The number of carbonyl (C=O) groups is 1. The van der Waals surface area contributed by atoms with Gasteiger partial charge in [0.05, 0.1) is 11.3 Å². The Hall–Kier alpha value is -1.60. The summed E-state index contributed by atoms with van der Waals surface area (Å²) in [6, 6.07) is 5.07. The second-order valence-corrected chi connectivity index (χ2v) is 4.62. The van der Waals surface area contributed by atoms with Crippen LogP contribution in [0.2, 0.25) is 0 Å². The third-order valence-corrected chi connectivity index (χ3v) is 3.08. The Kier molecular flexibility index (Phi) is 5.44. The summed E-state index contributed by atoms with van der Waals surface area (Å²) in [7, 11) is 0. The van der Waals surface area contributed by atoms with Crippen LogP contribution in [0.3, 0.4) is 0 Å². The van der Waals surface area contributed by atoms with Crippen molar-refractivity contribution in [2.24, 2.45) is 0 Å². The van der Waals surface area contributed by atoms with Crippen LogP contribution in [-0.4, -0.2) is 29.1 Å². The Morgan fingerprint density at radius 3 is 2.94 bits per heavy atom. The first kappa shape index (κ1) is 13.5. The normalized spacial score (nSPS) is 9.65. The summed E-state index contributed by atoms with van der Waals surface area (Å²) >= 11 is 1.69. The lowest BCUT2D eigenvalue weighted by atomic mass is 10.1. The van der Waals surface area contributed by atoms with Crippen molar-refractivity contribution in [1.29, 1.82) is 0 Å². The summed E-state index contributed by atoms with van der Waals surface area (Å²) in [6.45, 7) is 2.71. The Morgan fingerprint density at radius 2 is 2.35 bits per heavy atom. The Morgan fingerprint density at radius 1 is 1.59 bits per heavy atom. The van der Waals surface area contributed by atoms with Crippen molar-refractivity contribution in [3.05, 3.63) is 29.3 Å². The van der Waals surface area contributed by atoms with Gasteiger partial charge in [0, 0.05) is 18.0 Å². The smallest absolute Gasteiger partial charge is 0.335 e. The van der Waals surface area contributed by atoms with Gasteiger partial charge in [-0.2, -0.15) is 0 Å². The van der Waals surface area contributed by atoms with Crippen LogP contribution < -0.4 is 5.32 Å². The van der Waals surface area contributed by atoms with Gasteiger partial charge in [-0.25, -0.2) is 4.79 Å². The van der Waals surface area contributed by atoms with Gasteiger partial charge in [-0.05, 0) is 30.7 Å². The third-order valence-electron chi connectivity index (χ3n) is 2.22. The highest BCUT2D eigenvalue weighted by Gasteiger charge is 2.04. The number of anilines is 1. The summed E-state index contributed by atoms with van der Waals surface area (Å²) in [4.78, 5) is 10.8. The van der Waals surface area contributed by atoms with Gasteiger partial charge in [0.1, 0.15) is 0 Å². The molecule has 3 nitrogen and oxygen atoms in total. The molecule has 0 spiro atoms. The molecule has 0 atom stereocenters. The lowest BCUT2D eigenvalue weighted by Gasteiger charge is -2.09. The quantitative estimate of drug-likeness (QED) is 0.600. The number of terminal acetylenes is 1. The van der Waals surface area contributed by atoms with Gasteiger partial charge < -0.3 is 10.4 Å². The van der Waals surface area contributed by atoms with E-state index in [2.05, 4.69) is 11.2 Å². The van der Waals surface area contributed by atoms with Gasteiger partial charge in [-0.15, -0.1) is 18.2 Å². The predicted molar refractivity (Wildman–Crippen MR) is 72.8 cm³/mol. The SMILES string of the molecule is C#CCSCCNc1ccc(C(=O)O)cc1C. The average Bonchev–Trinajstić information content (AvgIpc) is 2.30. The standard InChI is InChI=1S/C13H15NO2S/c1-3-7-17-8-6-14-12-5-4-11(13(15)16)9-10(12)2/h1,4-5,9,14H,6-8H2,2H3,(H,15,16). The van der Waals surface area contributed by atoms with Crippen LogP contribution in [0.25, 0.3) is 0 Å². The summed E-state index contributed by atoms with van der Waals surface area (Å²) in [5.74, 6) is 3.32. The summed E-state index contributed by atoms with van der Waals surface area (Å²) in [5, 5.41) is 12.1. The molecule has 0 aliphatic heterocycles. The monoisotopic (exact) mass is 249 g/mol. The largest absolute Gasteiger partial charge is 0.478 e. The Labute approximate surface area is 106 Å². The highest BCUT2D eigenvalue weighted by atomic mass is 32.2. The molecule has 0 fully saturated rings. The molecule has 0 aliphatic carbocycles. The van der Waals surface area contributed by atoms with E-state index in [4.69, 9.17) is 11.5 Å². The first-order valence-electron chi connectivity index (χ1n) is 5.24. The molecular weight excluding hydrogens is 234 g/mol. The van der Waals surface area contributed by atoms with E-state index in [-0.39, 0.29) is 0 Å². The van der Waals surface area contributed by atoms with Gasteiger partial charge in [-0.1, -0.05) is 5.92 Å². The van der Waals surface area contributed by atoms with Gasteiger partial charge in [0.15, 0.2) is 0 Å². The van der Waals surface area contributed by atoms with E-state index in [0.29, 0.717) is 5.56 Å². The van der Waals surface area contributed by atoms with Crippen molar-refractivity contribution < 1.29 is 9.90 Å². The van der Waals surface area contributed by atoms with Crippen molar-refractivity contribution in [2.45, 2.75) is 6.92 Å². The minimum Gasteiger partial charge on any atom is -0.478 e. The third kappa shape index (κ3) is 4.41. The van der Waals surface area contributed by atoms with Crippen LogP contribution in [-0.2, 0) is 0 Å². The molecule has 4 heteroatoms. The zero-order valence-electron chi connectivity index (χ0n) is 9.69. The zero-order valence-corrected chi connectivity index (χ0v) is 10.5. The summed E-state index contributed by atoms with van der Waals surface area (Å²) in [6.07, 6.45) is 5.14. The van der Waals surface area contributed by atoms with Crippen molar-refractivity contribution in [1.82, 2.24) is 0 Å². The second-order valence-electron chi connectivity index (χ2n) is 3.52. The Bertz CT molecular complexity index is 438. The maximum Gasteiger partial charge on any atom is 0.335 e. The number of hydrogen-bond acceptors (Lipinski definition) is 3. The topological polar surface area (TPSA) is 49.3 Å². The molecule has 0 bridgehead atoms. The van der Waals surface area contributed by atoms with Gasteiger partial charge >= 0.3 is 5.97 Å². The molecule has 0 radical (unpaired) electrons. The molecule has 0 saturated carbocycles. The fourth-order valence-corrected chi connectivity index (χ4v) is 1.89. The fourth-order valence-electron chi connectivity index (χ4n) is 1.38. The number of hydrogen-bond donors (Lipinski definition) is 2. The van der Waals surface area contributed by atoms with E-state index in [9.17, 15) is 4.79 Å². The fraction of sp³-hybridized carbons (Fsp3) is 0.308. The summed E-state index contributed by atoms with van der Waals surface area (Å²) in [5.41, 5.74) is 2.22. The maximum atomic E-state index is 10.8. The van der Waals surface area contributed by atoms with Crippen LogP contribution >= 0.6 is 11.8 Å². The number of benzene rings is 1. The molecule has 1 rings (SSSR count). The van der Waals surface area contributed by atoms with Crippen LogP contribution in [0, 0.1) is 19.3 Å². The molecule has 1 aromatic rings. The number of rotatable bonds is 6. The summed E-state index contributed by atoms with van der Waals surface area (Å²) < 4.78 is 0. The highest BCUT2D eigenvalue weighted by Crippen LogP contribution is 2.16. The first-order chi connectivity index (χ1) is 8.15. The minimum absolute atomic E-state index is 0.315. The first-order valence-corrected chi connectivity index (χ1v) is 6.39. The number of aromatic carboxylic acids is 1. The number of aryl methyl sites for hydroxylation is 1. The van der Waals surface area contributed by atoms with Crippen molar-refractivity contribution in [3.8, 4) is 12.3 Å². The van der Waals surface area contributed by atoms with E-state index in [0.717, 1.165) is 29.3 Å². The lowest BCUT2D eigenvalue weighted by molar-refractivity contribution is 0.0697. The van der Waals surface area contributed by atoms with Crippen molar-refractivity contribution >= 4 is 23.4 Å². The molecule has 90 valence electrons. The zero-order chi connectivity index (χ0) is 12.7. The predicted octanol–water partition coefficient (Wildman–Crippen LogP) is 2.47. The van der Waals surface area contributed by atoms with Gasteiger partial charge in [0.2, 0.25) is 0 Å². The minimum atomic E-state index is -0.899. The molecule has 0 saturated heterocycles. The molecule has 2 N–H and O–H groups in total. The van der Waals surface area contributed by atoms with Gasteiger partial charge in [-0.3, -0.25) is 0 Å². The number of nitrogens with one attached hydrogen (secondary N) is 1. The number of carboxylic acids is 1. The second kappa shape index (κ2) is 6.87. The van der Waals surface area contributed by atoms with E-state index in [1.807, 2.05) is 6.92 Å². The van der Waals surface area contributed by atoms with Crippen LogP contribution in [0.5, 0.6) is 0 Å². The molecule has 17 heavy (non-hydrogen) atoms. The highest BCUT2D eigenvalue weighted by molar-refractivity contribution is 7.99. The number of carboxylic acid groups (broad SMARTS) is 1.